The van der Waals surface area contributed by atoms with Crippen LogP contribution in [0.5, 0.6) is 0 Å². The van der Waals surface area contributed by atoms with Gasteiger partial charge in [-0.05, 0) is 39.3 Å². The third kappa shape index (κ3) is 5.87. The summed E-state index contributed by atoms with van der Waals surface area (Å²) < 4.78 is 15.3. The van der Waals surface area contributed by atoms with Crippen molar-refractivity contribution < 1.29 is 38.4 Å². The molecule has 28 heavy (non-hydrogen) atoms. The molecule has 0 aromatic heterocycles. The number of carbonyl (C=O) groups is 3. The van der Waals surface area contributed by atoms with Crippen molar-refractivity contribution >= 4 is 17.9 Å². The summed E-state index contributed by atoms with van der Waals surface area (Å²) >= 11 is 0. The highest BCUT2D eigenvalue weighted by atomic mass is 17.4. The van der Waals surface area contributed by atoms with Gasteiger partial charge in [-0.25, -0.2) is 19.4 Å². The minimum absolute atomic E-state index is 0.0269. The van der Waals surface area contributed by atoms with Crippen molar-refractivity contribution in [2.24, 2.45) is 0 Å². The molecular weight excluding hydrogens is 368 g/mol. The molecule has 1 heterocycles. The van der Waals surface area contributed by atoms with Gasteiger partial charge in [0.15, 0.2) is 5.78 Å². The van der Waals surface area contributed by atoms with E-state index in [1.165, 1.54) is 20.8 Å². The number of rotatable bonds is 7. The van der Waals surface area contributed by atoms with E-state index in [0.717, 1.165) is 11.6 Å². The zero-order valence-corrected chi connectivity index (χ0v) is 16.3. The molecule has 1 aromatic rings. The van der Waals surface area contributed by atoms with Crippen LogP contribution < -0.4 is 0 Å². The lowest BCUT2D eigenvalue weighted by molar-refractivity contribution is -0.165. The molecule has 1 aliphatic rings. The number of benzene rings is 1. The summed E-state index contributed by atoms with van der Waals surface area (Å²) in [5.74, 6) is -1.16. The number of esters is 1. The molecule has 1 saturated heterocycles. The van der Waals surface area contributed by atoms with Gasteiger partial charge >= 0.3 is 18.1 Å². The summed E-state index contributed by atoms with van der Waals surface area (Å²) in [7, 11) is 0. The first-order valence-electron chi connectivity index (χ1n) is 8.54. The topological polar surface area (TPSA) is 104 Å². The van der Waals surface area contributed by atoms with Gasteiger partial charge in [0.2, 0.25) is 6.29 Å². The zero-order valence-electron chi connectivity index (χ0n) is 16.3. The van der Waals surface area contributed by atoms with E-state index in [0.29, 0.717) is 0 Å². The van der Waals surface area contributed by atoms with Crippen molar-refractivity contribution in [2.45, 2.75) is 46.5 Å². The maximum absolute atomic E-state index is 12.0. The average molecular weight is 390 g/mol. The van der Waals surface area contributed by atoms with Crippen LogP contribution in [-0.2, 0) is 39.2 Å². The number of hydrogen-bond acceptors (Lipinski definition) is 8. The van der Waals surface area contributed by atoms with Crippen molar-refractivity contribution in [3.8, 4) is 0 Å². The molecule has 0 N–H and O–H groups in total. The number of hydrogen-bond donors (Lipinski definition) is 0. The minimum Gasteiger partial charge on any atom is -0.423 e. The molecule has 8 nitrogen and oxygen atoms in total. The van der Waals surface area contributed by atoms with E-state index in [2.05, 4.69) is 9.78 Å². The Balaban J connectivity index is 1.87. The molecule has 1 atom stereocenters. The summed E-state index contributed by atoms with van der Waals surface area (Å²) in [6.45, 7) is 7.68. The fourth-order valence-electron chi connectivity index (χ4n) is 2.14. The summed E-state index contributed by atoms with van der Waals surface area (Å²) in [4.78, 5) is 44.8. The second-order valence-electron chi connectivity index (χ2n) is 6.59. The van der Waals surface area contributed by atoms with E-state index in [-0.39, 0.29) is 17.1 Å². The van der Waals surface area contributed by atoms with Crippen LogP contribution >= 0.6 is 0 Å². The molecule has 2 rings (SSSR count). The third-order valence-corrected chi connectivity index (χ3v) is 3.85. The number of allylic oxidation sites excluding steroid dienone is 2. The monoisotopic (exact) mass is 390 g/mol. The number of ether oxygens (including phenoxy) is 3. The van der Waals surface area contributed by atoms with Crippen molar-refractivity contribution in [3.05, 3.63) is 59.1 Å². The number of ketones is 1. The zero-order chi connectivity index (χ0) is 20.9. The Labute approximate surface area is 162 Å². The van der Waals surface area contributed by atoms with Crippen LogP contribution in [0.15, 0.2) is 53.5 Å². The molecule has 0 amide bonds. The van der Waals surface area contributed by atoms with Gasteiger partial charge in [-0.2, -0.15) is 0 Å². The molecule has 0 saturated carbocycles. The maximum atomic E-state index is 12.0. The smallest absolute Gasteiger partial charge is 0.423 e. The predicted octanol–water partition coefficient (Wildman–Crippen LogP) is 3.67. The molecule has 0 spiro atoms. The van der Waals surface area contributed by atoms with Crippen LogP contribution in [0.3, 0.4) is 0 Å². The lowest BCUT2D eigenvalue weighted by atomic mass is 9.98. The largest absolute Gasteiger partial charge is 0.512 e. The quantitative estimate of drug-likeness (QED) is 0.228. The van der Waals surface area contributed by atoms with Crippen LogP contribution in [0, 0.1) is 0 Å². The first kappa shape index (κ1) is 21.0. The molecule has 0 radical (unpaired) electrons. The Morgan fingerprint density at radius 3 is 2.21 bits per heavy atom. The van der Waals surface area contributed by atoms with E-state index < -0.39 is 29.8 Å². The third-order valence-electron chi connectivity index (χ3n) is 3.85. The summed E-state index contributed by atoms with van der Waals surface area (Å²) in [5, 5.41) is 0. The molecule has 1 unspecified atom stereocenters. The van der Waals surface area contributed by atoms with Gasteiger partial charge < -0.3 is 14.2 Å². The first-order valence-corrected chi connectivity index (χ1v) is 8.54. The minimum atomic E-state index is -1.21. The van der Waals surface area contributed by atoms with Crippen LogP contribution in [0.2, 0.25) is 0 Å². The molecule has 1 aromatic carbocycles. The highest BCUT2D eigenvalue weighted by molar-refractivity contribution is 6.07. The average Bonchev–Trinajstić information content (AvgIpc) is 3.45. The van der Waals surface area contributed by atoms with Gasteiger partial charge in [0, 0.05) is 12.5 Å². The Morgan fingerprint density at radius 1 is 1.04 bits per heavy atom. The second-order valence-corrected chi connectivity index (χ2v) is 6.59. The lowest BCUT2D eigenvalue weighted by Crippen LogP contribution is -2.29. The van der Waals surface area contributed by atoms with E-state index in [9.17, 15) is 14.4 Å². The van der Waals surface area contributed by atoms with E-state index in [1.54, 1.807) is 13.8 Å². The van der Waals surface area contributed by atoms with Gasteiger partial charge in [0.25, 0.3) is 0 Å². The molecule has 8 heteroatoms. The SMILES string of the molecule is CC(C(=O)/C=C(\C)C(=O)OC(C)OC(=O)OC(C)(C)c1ccccc1)=C1OO1. The standard InChI is InChI=1S/C20H22O8/c1-12(11-16(21)13(2)18-27-28-18)17(22)24-14(3)25-19(23)26-20(4,5)15-9-7-6-8-10-15/h6-11,14H,1-5H3/b12-11+. The molecule has 0 aliphatic carbocycles. The van der Waals surface area contributed by atoms with E-state index >= 15 is 0 Å². The predicted molar refractivity (Wildman–Crippen MR) is 96.2 cm³/mol. The molecule has 1 aliphatic heterocycles. The fourth-order valence-corrected chi connectivity index (χ4v) is 2.14. The highest BCUT2D eigenvalue weighted by Crippen LogP contribution is 2.25. The highest BCUT2D eigenvalue weighted by Gasteiger charge is 2.28. The van der Waals surface area contributed by atoms with Gasteiger partial charge in [-0.1, -0.05) is 30.3 Å². The summed E-state index contributed by atoms with van der Waals surface area (Å²) in [6.07, 6.45) is -1.12. The van der Waals surface area contributed by atoms with Crippen molar-refractivity contribution in [1.82, 2.24) is 0 Å². The normalized spacial score (nSPS) is 14.2. The maximum Gasteiger partial charge on any atom is 0.512 e. The van der Waals surface area contributed by atoms with Gasteiger partial charge in [0.05, 0.1) is 5.57 Å². The van der Waals surface area contributed by atoms with Crippen molar-refractivity contribution in [3.63, 3.8) is 0 Å². The first-order chi connectivity index (χ1) is 13.1. The van der Waals surface area contributed by atoms with Gasteiger partial charge in [-0.3, -0.25) is 4.79 Å². The lowest BCUT2D eigenvalue weighted by Gasteiger charge is -2.25. The van der Waals surface area contributed by atoms with E-state index in [1.807, 2.05) is 30.3 Å². The Hall–Kier alpha value is -3.29. The van der Waals surface area contributed by atoms with Crippen LogP contribution in [-0.4, -0.2) is 24.2 Å². The van der Waals surface area contributed by atoms with E-state index in [4.69, 9.17) is 14.2 Å². The summed E-state index contributed by atoms with van der Waals surface area (Å²) in [5.41, 5.74) is 0.103. The van der Waals surface area contributed by atoms with Crippen molar-refractivity contribution in [1.29, 1.82) is 0 Å². The Bertz CT molecular complexity index is 814. The van der Waals surface area contributed by atoms with Crippen molar-refractivity contribution in [2.75, 3.05) is 0 Å². The van der Waals surface area contributed by atoms with Gasteiger partial charge in [0.1, 0.15) is 5.60 Å². The van der Waals surface area contributed by atoms with Gasteiger partial charge in [-0.15, -0.1) is 0 Å². The Kier molecular flexibility index (Phi) is 6.45. The molecule has 0 bridgehead atoms. The fraction of sp³-hybridized carbons (Fsp3) is 0.350. The molecule has 1 fully saturated rings. The Morgan fingerprint density at radius 2 is 1.64 bits per heavy atom. The van der Waals surface area contributed by atoms with Crippen LogP contribution in [0.1, 0.15) is 40.2 Å². The summed E-state index contributed by atoms with van der Waals surface area (Å²) in [6, 6.07) is 9.13. The van der Waals surface area contributed by atoms with Crippen LogP contribution in [0.4, 0.5) is 4.79 Å². The van der Waals surface area contributed by atoms with Crippen LogP contribution in [0.25, 0.3) is 0 Å². The second kappa shape index (κ2) is 8.60. The molecule has 150 valence electrons. The number of carbonyl (C=O) groups excluding carboxylic acids is 3. The molecular formula is C20H22O8.